The first kappa shape index (κ1) is 14.8. The molecule has 0 aliphatic carbocycles. The van der Waals surface area contributed by atoms with Crippen LogP contribution in [-0.4, -0.2) is 59.1 Å². The molecule has 2 aromatic rings. The van der Waals surface area contributed by atoms with Crippen LogP contribution in [0.1, 0.15) is 12.8 Å². The first-order valence-electron chi connectivity index (χ1n) is 7.62. The highest BCUT2D eigenvalue weighted by molar-refractivity contribution is 5.77. The second-order valence-electron chi connectivity index (χ2n) is 5.48. The Kier molecular flexibility index (Phi) is 4.53. The van der Waals surface area contributed by atoms with Crippen molar-refractivity contribution in [2.45, 2.75) is 19.4 Å². The van der Waals surface area contributed by atoms with Crippen LogP contribution in [0.25, 0.3) is 11.0 Å². The molecule has 0 spiro atoms. The third-order valence-electron chi connectivity index (χ3n) is 3.86. The molecule has 0 atom stereocenters. The van der Waals surface area contributed by atoms with E-state index in [9.17, 15) is 4.79 Å². The molecule has 1 N–H and O–H groups in total. The molecule has 0 bridgehead atoms. The Morgan fingerprint density at radius 1 is 1.27 bits per heavy atom. The highest BCUT2D eigenvalue weighted by atomic mass is 16.5. The molecule has 7 nitrogen and oxygen atoms in total. The molecule has 3 rings (SSSR count). The van der Waals surface area contributed by atoms with Crippen LogP contribution < -0.4 is 10.1 Å². The van der Waals surface area contributed by atoms with Crippen LogP contribution >= 0.6 is 0 Å². The molecule has 1 aliphatic rings. The van der Waals surface area contributed by atoms with Gasteiger partial charge in [-0.1, -0.05) is 0 Å². The Labute approximate surface area is 129 Å². The van der Waals surface area contributed by atoms with Crippen LogP contribution in [0.3, 0.4) is 0 Å². The average Bonchev–Trinajstić information content (AvgIpc) is 3.15. The van der Waals surface area contributed by atoms with Crippen molar-refractivity contribution in [3.8, 4) is 5.75 Å². The fourth-order valence-electron chi connectivity index (χ4n) is 2.68. The lowest BCUT2D eigenvalue weighted by atomic mass is 10.3. The van der Waals surface area contributed by atoms with Gasteiger partial charge in [-0.2, -0.15) is 15.0 Å². The van der Waals surface area contributed by atoms with Crippen molar-refractivity contribution in [1.29, 1.82) is 0 Å². The van der Waals surface area contributed by atoms with Gasteiger partial charge in [-0.05, 0) is 38.1 Å². The molecule has 1 aromatic heterocycles. The van der Waals surface area contributed by atoms with Crippen LogP contribution in [0.2, 0.25) is 0 Å². The summed E-state index contributed by atoms with van der Waals surface area (Å²) in [6.07, 6.45) is 2.53. The van der Waals surface area contributed by atoms with Gasteiger partial charge in [-0.25, -0.2) is 0 Å². The number of hydrogen-bond donors (Lipinski definition) is 1. The number of fused-ring (bicyclic) bond motifs is 1. The third-order valence-corrected chi connectivity index (χ3v) is 3.86. The fourth-order valence-corrected chi connectivity index (χ4v) is 2.68. The third kappa shape index (κ3) is 3.54. The Balaban J connectivity index is 1.52. The molecule has 1 aliphatic heterocycles. The van der Waals surface area contributed by atoms with E-state index in [4.69, 9.17) is 4.74 Å². The summed E-state index contributed by atoms with van der Waals surface area (Å²) >= 11 is 0. The second kappa shape index (κ2) is 6.74. The molecule has 0 radical (unpaired) electrons. The van der Waals surface area contributed by atoms with Crippen molar-refractivity contribution < 1.29 is 9.53 Å². The number of amides is 1. The van der Waals surface area contributed by atoms with Crippen LogP contribution in [0.4, 0.5) is 0 Å². The Morgan fingerprint density at radius 3 is 2.82 bits per heavy atom. The topological polar surface area (TPSA) is 72.3 Å². The number of rotatable bonds is 6. The average molecular weight is 303 g/mol. The summed E-state index contributed by atoms with van der Waals surface area (Å²) in [5.41, 5.74) is 1.48. The minimum Gasteiger partial charge on any atom is -0.497 e. The zero-order valence-electron chi connectivity index (χ0n) is 12.8. The lowest BCUT2D eigenvalue weighted by Gasteiger charge is -2.14. The molecular formula is C15H21N5O2. The quantitative estimate of drug-likeness (QED) is 0.848. The first-order chi connectivity index (χ1) is 10.7. The molecule has 1 fully saturated rings. The maximum absolute atomic E-state index is 11.9. The molecule has 1 saturated heterocycles. The van der Waals surface area contributed by atoms with Crippen LogP contribution in [0, 0.1) is 0 Å². The van der Waals surface area contributed by atoms with Crippen molar-refractivity contribution in [2.75, 3.05) is 33.3 Å². The minimum atomic E-state index is -0.0635. The smallest absolute Gasteiger partial charge is 0.243 e. The molecule has 2 heterocycles. The van der Waals surface area contributed by atoms with Crippen molar-refractivity contribution in [3.05, 3.63) is 18.2 Å². The molecule has 0 saturated carbocycles. The predicted molar refractivity (Wildman–Crippen MR) is 82.8 cm³/mol. The summed E-state index contributed by atoms with van der Waals surface area (Å²) < 4.78 is 5.15. The number of ether oxygens (including phenoxy) is 1. The van der Waals surface area contributed by atoms with Gasteiger partial charge in [0.2, 0.25) is 5.91 Å². The normalized spacial score (nSPS) is 15.3. The van der Waals surface area contributed by atoms with Crippen molar-refractivity contribution in [1.82, 2.24) is 25.2 Å². The number of likely N-dealkylation sites (tertiary alicyclic amines) is 1. The molecule has 22 heavy (non-hydrogen) atoms. The number of hydrogen-bond acceptors (Lipinski definition) is 5. The maximum atomic E-state index is 11.9. The summed E-state index contributed by atoms with van der Waals surface area (Å²) in [7, 11) is 1.61. The first-order valence-corrected chi connectivity index (χ1v) is 7.62. The lowest BCUT2D eigenvalue weighted by Crippen LogP contribution is -2.35. The van der Waals surface area contributed by atoms with Gasteiger partial charge in [-0.15, -0.1) is 0 Å². The van der Waals surface area contributed by atoms with Crippen LogP contribution in [0.5, 0.6) is 5.75 Å². The summed E-state index contributed by atoms with van der Waals surface area (Å²) in [5.74, 6) is 0.668. The van der Waals surface area contributed by atoms with Gasteiger partial charge in [0.25, 0.3) is 0 Å². The molecular weight excluding hydrogens is 282 g/mol. The molecule has 7 heteroatoms. The number of aromatic nitrogens is 3. The Hall–Kier alpha value is -2.15. The summed E-state index contributed by atoms with van der Waals surface area (Å²) in [4.78, 5) is 15.7. The number of carbonyl (C=O) groups is 1. The number of nitrogens with one attached hydrogen (secondary N) is 1. The number of carbonyl (C=O) groups excluding carboxylic acids is 1. The van der Waals surface area contributed by atoms with Crippen LogP contribution in [0.15, 0.2) is 18.2 Å². The standard InChI is InChI=1S/C15H21N5O2/c1-22-12-4-5-13-14(10-12)18-20(17-13)11-15(21)16-6-9-19-7-2-3-8-19/h4-5,10H,2-3,6-9,11H2,1H3,(H,16,21). The fraction of sp³-hybridized carbons (Fsp3) is 0.533. The van der Waals surface area contributed by atoms with Crippen molar-refractivity contribution >= 4 is 16.9 Å². The number of benzene rings is 1. The van der Waals surface area contributed by atoms with Crippen LogP contribution in [-0.2, 0) is 11.3 Å². The van der Waals surface area contributed by atoms with Gasteiger partial charge >= 0.3 is 0 Å². The van der Waals surface area contributed by atoms with Crippen molar-refractivity contribution in [2.24, 2.45) is 0 Å². The van der Waals surface area contributed by atoms with E-state index in [0.29, 0.717) is 6.54 Å². The van der Waals surface area contributed by atoms with Gasteiger partial charge in [0.05, 0.1) is 7.11 Å². The number of nitrogens with zero attached hydrogens (tertiary/aromatic N) is 4. The van der Waals surface area contributed by atoms with E-state index in [-0.39, 0.29) is 12.5 Å². The molecule has 1 amide bonds. The van der Waals surface area contributed by atoms with Gasteiger partial charge in [0, 0.05) is 19.2 Å². The van der Waals surface area contributed by atoms with E-state index in [1.54, 1.807) is 7.11 Å². The van der Waals surface area contributed by atoms with Gasteiger partial charge < -0.3 is 15.0 Å². The molecule has 1 aromatic carbocycles. The zero-order chi connectivity index (χ0) is 15.4. The van der Waals surface area contributed by atoms with Crippen molar-refractivity contribution in [3.63, 3.8) is 0 Å². The molecule has 0 unspecified atom stereocenters. The van der Waals surface area contributed by atoms with E-state index >= 15 is 0 Å². The molecule has 118 valence electrons. The predicted octanol–water partition coefficient (Wildman–Crippen LogP) is 0.652. The van der Waals surface area contributed by atoms with E-state index in [0.717, 1.165) is 36.4 Å². The van der Waals surface area contributed by atoms with E-state index < -0.39 is 0 Å². The highest BCUT2D eigenvalue weighted by Crippen LogP contribution is 2.16. The Bertz CT molecular complexity index is 648. The van der Waals surface area contributed by atoms with Gasteiger partial charge in [0.15, 0.2) is 0 Å². The zero-order valence-corrected chi connectivity index (χ0v) is 12.8. The van der Waals surface area contributed by atoms with E-state index in [1.807, 2.05) is 18.2 Å². The second-order valence-corrected chi connectivity index (χ2v) is 5.48. The minimum absolute atomic E-state index is 0.0635. The SMILES string of the molecule is COc1ccc2nn(CC(=O)NCCN3CCCC3)nc2c1. The summed E-state index contributed by atoms with van der Waals surface area (Å²) in [5, 5.41) is 11.5. The summed E-state index contributed by atoms with van der Waals surface area (Å²) in [6.45, 7) is 4.01. The van der Waals surface area contributed by atoms with E-state index in [1.165, 1.54) is 17.6 Å². The maximum Gasteiger partial charge on any atom is 0.243 e. The lowest BCUT2D eigenvalue weighted by molar-refractivity contribution is -0.122. The monoisotopic (exact) mass is 303 g/mol. The van der Waals surface area contributed by atoms with Gasteiger partial charge in [-0.3, -0.25) is 4.79 Å². The highest BCUT2D eigenvalue weighted by Gasteiger charge is 2.12. The van der Waals surface area contributed by atoms with E-state index in [2.05, 4.69) is 20.4 Å². The van der Waals surface area contributed by atoms with Gasteiger partial charge in [0.1, 0.15) is 23.3 Å². The largest absolute Gasteiger partial charge is 0.497 e. The number of methoxy groups -OCH3 is 1. The summed E-state index contributed by atoms with van der Waals surface area (Å²) in [6, 6.07) is 5.48. The Morgan fingerprint density at radius 2 is 2.05 bits per heavy atom.